The van der Waals surface area contributed by atoms with E-state index in [2.05, 4.69) is 15.8 Å². The number of urea groups is 1. The second-order valence-electron chi connectivity index (χ2n) is 5.25. The molecule has 114 valence electrons. The Morgan fingerprint density at radius 2 is 2.14 bits per heavy atom. The quantitative estimate of drug-likeness (QED) is 0.733. The molecule has 0 fully saturated rings. The molecule has 1 aromatic rings. The molecule has 2 rings (SSSR count). The molecule has 1 aromatic heterocycles. The first kappa shape index (κ1) is 15.1. The molecule has 0 saturated heterocycles. The van der Waals surface area contributed by atoms with E-state index in [-0.39, 0.29) is 18.1 Å². The summed E-state index contributed by atoms with van der Waals surface area (Å²) >= 11 is 0. The monoisotopic (exact) mass is 293 g/mol. The zero-order chi connectivity index (χ0) is 15.6. The van der Waals surface area contributed by atoms with E-state index in [1.807, 2.05) is 13.8 Å². The molecule has 3 N–H and O–H groups in total. The maximum Gasteiger partial charge on any atom is 0.315 e. The summed E-state index contributed by atoms with van der Waals surface area (Å²) in [4.78, 5) is 22.8. The lowest BCUT2D eigenvalue weighted by Gasteiger charge is -2.17. The average molecular weight is 293 g/mol. The first-order valence-corrected chi connectivity index (χ1v) is 6.79. The molecule has 2 amide bonds. The number of carbonyl (C=O) groups excluding carboxylic acids is 1. The summed E-state index contributed by atoms with van der Waals surface area (Å²) in [5, 5.41) is 18.3. The molecule has 7 heteroatoms. The van der Waals surface area contributed by atoms with Gasteiger partial charge in [-0.1, -0.05) is 17.3 Å². The van der Waals surface area contributed by atoms with Gasteiger partial charge in [0.15, 0.2) is 0 Å². The van der Waals surface area contributed by atoms with E-state index in [1.54, 1.807) is 19.1 Å². The molecule has 21 heavy (non-hydrogen) atoms. The van der Waals surface area contributed by atoms with E-state index >= 15 is 0 Å². The van der Waals surface area contributed by atoms with E-state index < -0.39 is 11.9 Å². The summed E-state index contributed by atoms with van der Waals surface area (Å²) in [6.07, 6.45) is 3.69. The topological polar surface area (TPSA) is 104 Å². The van der Waals surface area contributed by atoms with E-state index in [4.69, 9.17) is 9.63 Å². The highest BCUT2D eigenvalue weighted by atomic mass is 16.5. The molecular formula is C14H19N3O4. The van der Waals surface area contributed by atoms with Crippen LogP contribution in [0.1, 0.15) is 36.4 Å². The van der Waals surface area contributed by atoms with Crippen molar-refractivity contribution in [1.29, 1.82) is 0 Å². The number of rotatable bonds is 4. The molecule has 0 aromatic carbocycles. The van der Waals surface area contributed by atoms with Gasteiger partial charge in [-0.3, -0.25) is 4.79 Å². The molecule has 0 saturated carbocycles. The number of hydrogen-bond donors (Lipinski definition) is 3. The number of aliphatic carboxylic acids is 1. The molecular weight excluding hydrogens is 274 g/mol. The Bertz CT molecular complexity index is 559. The molecule has 3 atom stereocenters. The number of amides is 2. The number of hydrogen-bond acceptors (Lipinski definition) is 4. The number of aryl methyl sites for hydroxylation is 2. The molecule has 0 spiro atoms. The fourth-order valence-electron chi connectivity index (χ4n) is 2.58. The Morgan fingerprint density at radius 3 is 2.67 bits per heavy atom. The second kappa shape index (κ2) is 5.99. The van der Waals surface area contributed by atoms with Gasteiger partial charge in [0.2, 0.25) is 0 Å². The molecule has 7 nitrogen and oxygen atoms in total. The minimum Gasteiger partial charge on any atom is -0.481 e. The van der Waals surface area contributed by atoms with Crippen LogP contribution in [0.2, 0.25) is 0 Å². The van der Waals surface area contributed by atoms with Gasteiger partial charge < -0.3 is 20.3 Å². The average Bonchev–Trinajstić information content (AvgIpc) is 2.96. The van der Waals surface area contributed by atoms with Gasteiger partial charge in [-0.25, -0.2) is 4.79 Å². The Balaban J connectivity index is 1.88. The van der Waals surface area contributed by atoms with Crippen LogP contribution in [0.25, 0.3) is 0 Å². The van der Waals surface area contributed by atoms with Crippen molar-refractivity contribution < 1.29 is 19.2 Å². The lowest BCUT2D eigenvalue weighted by atomic mass is 10.1. The Morgan fingerprint density at radius 1 is 1.43 bits per heavy atom. The van der Waals surface area contributed by atoms with Crippen molar-refractivity contribution in [2.24, 2.45) is 5.92 Å². The summed E-state index contributed by atoms with van der Waals surface area (Å²) in [5.41, 5.74) is 1.60. The highest BCUT2D eigenvalue weighted by Gasteiger charge is 2.26. The summed E-state index contributed by atoms with van der Waals surface area (Å²) in [6.45, 7) is 5.46. The SMILES string of the molecule is Cc1noc(C)c1C(C)NC(=O)NC1C=CC(C(=O)O)C1. The predicted molar refractivity (Wildman–Crippen MR) is 74.7 cm³/mol. The molecule has 0 aliphatic heterocycles. The number of aromatic nitrogens is 1. The van der Waals surface area contributed by atoms with Crippen LogP contribution in [-0.2, 0) is 4.79 Å². The van der Waals surface area contributed by atoms with Gasteiger partial charge in [0.05, 0.1) is 23.7 Å². The third kappa shape index (κ3) is 3.42. The van der Waals surface area contributed by atoms with Crippen LogP contribution in [0.5, 0.6) is 0 Å². The van der Waals surface area contributed by atoms with Crippen molar-refractivity contribution in [3.05, 3.63) is 29.2 Å². The van der Waals surface area contributed by atoms with Gasteiger partial charge in [0.25, 0.3) is 0 Å². The zero-order valence-corrected chi connectivity index (χ0v) is 12.2. The minimum atomic E-state index is -0.875. The highest BCUT2D eigenvalue weighted by Crippen LogP contribution is 2.21. The number of carboxylic acids is 1. The minimum absolute atomic E-state index is 0.239. The van der Waals surface area contributed by atoms with E-state index in [1.165, 1.54) is 0 Å². The zero-order valence-electron chi connectivity index (χ0n) is 12.2. The van der Waals surface area contributed by atoms with Crippen LogP contribution in [0, 0.1) is 19.8 Å². The summed E-state index contributed by atoms with van der Waals surface area (Å²) in [6, 6.07) is -0.844. The van der Waals surface area contributed by atoms with E-state index in [9.17, 15) is 9.59 Å². The van der Waals surface area contributed by atoms with Gasteiger partial charge >= 0.3 is 12.0 Å². The van der Waals surface area contributed by atoms with Crippen LogP contribution in [0.3, 0.4) is 0 Å². The van der Waals surface area contributed by atoms with Crippen molar-refractivity contribution in [2.45, 2.75) is 39.3 Å². The predicted octanol–water partition coefficient (Wildman–Crippen LogP) is 1.68. The Labute approximate surface area is 122 Å². The largest absolute Gasteiger partial charge is 0.481 e. The summed E-state index contributed by atoms with van der Waals surface area (Å²) in [5.74, 6) is -0.734. The van der Waals surface area contributed by atoms with Gasteiger partial charge in [0, 0.05) is 5.56 Å². The first-order chi connectivity index (χ1) is 9.88. The Kier molecular flexibility index (Phi) is 4.30. The van der Waals surface area contributed by atoms with Crippen LogP contribution >= 0.6 is 0 Å². The summed E-state index contributed by atoms with van der Waals surface area (Å²) in [7, 11) is 0. The molecule has 0 bridgehead atoms. The maximum atomic E-state index is 11.9. The lowest BCUT2D eigenvalue weighted by Crippen LogP contribution is -2.42. The Hall–Kier alpha value is -2.31. The molecule has 1 aliphatic carbocycles. The highest BCUT2D eigenvalue weighted by molar-refractivity contribution is 5.76. The van der Waals surface area contributed by atoms with Crippen molar-refractivity contribution >= 4 is 12.0 Å². The van der Waals surface area contributed by atoms with E-state index in [0.29, 0.717) is 12.2 Å². The van der Waals surface area contributed by atoms with Crippen molar-refractivity contribution in [3.8, 4) is 0 Å². The van der Waals surface area contributed by atoms with Gasteiger partial charge in [-0.05, 0) is 27.2 Å². The normalized spacial score (nSPS) is 22.0. The van der Waals surface area contributed by atoms with Crippen LogP contribution in [0.15, 0.2) is 16.7 Å². The van der Waals surface area contributed by atoms with Crippen LogP contribution in [-0.4, -0.2) is 28.3 Å². The van der Waals surface area contributed by atoms with Gasteiger partial charge in [-0.2, -0.15) is 0 Å². The third-order valence-electron chi connectivity index (χ3n) is 3.59. The van der Waals surface area contributed by atoms with Crippen LogP contribution in [0.4, 0.5) is 4.79 Å². The standard InChI is InChI=1S/C14H19N3O4/c1-7(12-8(2)17-21-9(12)3)15-14(20)16-11-5-4-10(6-11)13(18)19/h4-5,7,10-11H,6H2,1-3H3,(H,18,19)(H2,15,16,20). The number of carboxylic acid groups (broad SMARTS) is 1. The summed E-state index contributed by atoms with van der Waals surface area (Å²) < 4.78 is 5.07. The van der Waals surface area contributed by atoms with Crippen molar-refractivity contribution in [2.75, 3.05) is 0 Å². The third-order valence-corrected chi connectivity index (χ3v) is 3.59. The second-order valence-corrected chi connectivity index (χ2v) is 5.25. The molecule has 1 heterocycles. The molecule has 1 aliphatic rings. The van der Waals surface area contributed by atoms with Crippen LogP contribution < -0.4 is 10.6 Å². The van der Waals surface area contributed by atoms with Gasteiger partial charge in [-0.15, -0.1) is 0 Å². The maximum absolute atomic E-state index is 11.9. The lowest BCUT2D eigenvalue weighted by molar-refractivity contribution is -0.140. The fraction of sp³-hybridized carbons (Fsp3) is 0.500. The fourth-order valence-corrected chi connectivity index (χ4v) is 2.58. The smallest absolute Gasteiger partial charge is 0.315 e. The number of nitrogens with zero attached hydrogens (tertiary/aromatic N) is 1. The molecule has 3 unspecified atom stereocenters. The van der Waals surface area contributed by atoms with E-state index in [0.717, 1.165) is 11.3 Å². The van der Waals surface area contributed by atoms with Crippen molar-refractivity contribution in [3.63, 3.8) is 0 Å². The van der Waals surface area contributed by atoms with Gasteiger partial charge in [0.1, 0.15) is 5.76 Å². The first-order valence-electron chi connectivity index (χ1n) is 6.79. The molecule has 0 radical (unpaired) electrons. The number of carbonyl (C=O) groups is 2. The number of nitrogens with one attached hydrogen (secondary N) is 2. The van der Waals surface area contributed by atoms with Crippen molar-refractivity contribution in [1.82, 2.24) is 15.8 Å².